The fourth-order valence-corrected chi connectivity index (χ4v) is 5.20. The van der Waals surface area contributed by atoms with Crippen molar-refractivity contribution in [3.63, 3.8) is 0 Å². The van der Waals surface area contributed by atoms with Crippen LogP contribution in [0.3, 0.4) is 0 Å². The molecule has 1 aromatic carbocycles. The molecule has 5 heteroatoms. The van der Waals surface area contributed by atoms with E-state index in [-0.39, 0.29) is 11.8 Å². The highest BCUT2D eigenvalue weighted by Gasteiger charge is 2.53. The average Bonchev–Trinajstić information content (AvgIpc) is 2.97. The van der Waals surface area contributed by atoms with Crippen LogP contribution in [0.25, 0.3) is 0 Å². The highest BCUT2D eigenvalue weighted by atomic mass is 16.2. The standard InChI is InChI=1S/C19H22N4O/c24-19-15-7-6-12-10-11-20-21-18(12)14-8-9-16(17(14)15)22-23(19)13-4-2-1-3-5-13/h1-5,10-11,14-18,21-22H,6-9H2. The largest absolute Gasteiger partial charge is 0.303 e. The van der Waals surface area contributed by atoms with Gasteiger partial charge >= 0.3 is 0 Å². The molecular weight excluding hydrogens is 300 g/mol. The number of carbonyl (C=O) groups is 1. The number of amides is 1. The average molecular weight is 322 g/mol. The van der Waals surface area contributed by atoms with Gasteiger partial charge in [-0.3, -0.25) is 4.79 Å². The molecule has 3 fully saturated rings. The fourth-order valence-electron chi connectivity index (χ4n) is 5.20. The summed E-state index contributed by atoms with van der Waals surface area (Å²) in [6.07, 6.45) is 8.21. The number of hydrazine groups is 1. The van der Waals surface area contributed by atoms with Gasteiger partial charge < -0.3 is 5.43 Å². The Hall–Kier alpha value is -2.14. The third kappa shape index (κ3) is 2.04. The SMILES string of the molecule is O=C1C2CCC3=CC=NNC3C3CCC(NN1c1ccccc1)C23. The number of benzene rings is 1. The first-order chi connectivity index (χ1) is 11.8. The molecule has 2 heterocycles. The second-order valence-electron chi connectivity index (χ2n) is 7.34. The number of hydrogen-bond donors (Lipinski definition) is 2. The summed E-state index contributed by atoms with van der Waals surface area (Å²) in [5, 5.41) is 6.08. The zero-order valence-electron chi connectivity index (χ0n) is 13.6. The van der Waals surface area contributed by atoms with Crippen LogP contribution >= 0.6 is 0 Å². The molecule has 1 saturated heterocycles. The lowest BCUT2D eigenvalue weighted by atomic mass is 9.77. The van der Waals surface area contributed by atoms with E-state index in [1.54, 1.807) is 0 Å². The van der Waals surface area contributed by atoms with E-state index >= 15 is 0 Å². The monoisotopic (exact) mass is 322 g/mol. The van der Waals surface area contributed by atoms with Gasteiger partial charge in [-0.2, -0.15) is 5.10 Å². The minimum absolute atomic E-state index is 0.109. The van der Waals surface area contributed by atoms with Gasteiger partial charge in [-0.25, -0.2) is 10.4 Å². The number of anilines is 1. The lowest BCUT2D eigenvalue weighted by Gasteiger charge is -2.42. The van der Waals surface area contributed by atoms with Gasteiger partial charge in [0, 0.05) is 18.2 Å². The maximum absolute atomic E-state index is 13.2. The molecule has 2 aliphatic heterocycles. The van der Waals surface area contributed by atoms with Crippen molar-refractivity contribution in [2.24, 2.45) is 22.9 Å². The minimum Gasteiger partial charge on any atom is -0.303 e. The van der Waals surface area contributed by atoms with E-state index in [1.165, 1.54) is 5.57 Å². The Bertz CT molecular complexity index is 713. The first-order valence-corrected chi connectivity index (χ1v) is 8.96. The number of hydrogen-bond acceptors (Lipinski definition) is 4. The van der Waals surface area contributed by atoms with Crippen LogP contribution < -0.4 is 15.9 Å². The Morgan fingerprint density at radius 1 is 1.12 bits per heavy atom. The molecule has 0 aromatic heterocycles. The second kappa shape index (κ2) is 5.45. The summed E-state index contributed by atoms with van der Waals surface area (Å²) in [5.74, 6) is 1.25. The van der Waals surface area contributed by atoms with Crippen LogP contribution in [0.4, 0.5) is 5.69 Å². The summed E-state index contributed by atoms with van der Waals surface area (Å²) in [6.45, 7) is 0. The predicted octanol–water partition coefficient (Wildman–Crippen LogP) is 2.23. The molecule has 0 radical (unpaired) electrons. The molecule has 2 N–H and O–H groups in total. The summed E-state index contributed by atoms with van der Waals surface area (Å²) in [6, 6.07) is 10.7. The summed E-state index contributed by atoms with van der Waals surface area (Å²) in [7, 11) is 0. The molecule has 5 nitrogen and oxygen atoms in total. The van der Waals surface area contributed by atoms with Crippen molar-refractivity contribution in [2.75, 3.05) is 5.01 Å². The van der Waals surface area contributed by atoms with Crippen molar-refractivity contribution in [3.05, 3.63) is 42.0 Å². The number of nitrogens with zero attached hydrogens (tertiary/aromatic N) is 2. The van der Waals surface area contributed by atoms with Crippen LogP contribution in [0, 0.1) is 17.8 Å². The maximum Gasteiger partial charge on any atom is 0.244 e. The molecule has 124 valence electrons. The summed E-state index contributed by atoms with van der Waals surface area (Å²) in [4.78, 5) is 13.2. The van der Waals surface area contributed by atoms with Crippen molar-refractivity contribution >= 4 is 17.8 Å². The van der Waals surface area contributed by atoms with E-state index in [2.05, 4.69) is 22.0 Å². The van der Waals surface area contributed by atoms with Crippen molar-refractivity contribution in [2.45, 2.75) is 37.8 Å². The fraction of sp³-hybridized carbons (Fsp3) is 0.474. The molecule has 1 aromatic rings. The third-order valence-electron chi connectivity index (χ3n) is 6.23. The van der Waals surface area contributed by atoms with Crippen molar-refractivity contribution < 1.29 is 4.79 Å². The topological polar surface area (TPSA) is 56.7 Å². The normalized spacial score (nSPS) is 37.2. The molecule has 5 unspecified atom stereocenters. The molecular formula is C19H22N4O. The lowest BCUT2D eigenvalue weighted by Crippen LogP contribution is -2.61. The molecule has 4 aliphatic rings. The highest BCUT2D eigenvalue weighted by molar-refractivity contribution is 5.95. The van der Waals surface area contributed by atoms with Gasteiger partial charge in [0.2, 0.25) is 5.91 Å². The Morgan fingerprint density at radius 3 is 2.88 bits per heavy atom. The summed E-state index contributed by atoms with van der Waals surface area (Å²) >= 11 is 0. The van der Waals surface area contributed by atoms with Crippen molar-refractivity contribution in [1.29, 1.82) is 0 Å². The Balaban J connectivity index is 1.50. The second-order valence-corrected chi connectivity index (χ2v) is 7.34. The van der Waals surface area contributed by atoms with Crippen LogP contribution in [0.1, 0.15) is 25.7 Å². The van der Waals surface area contributed by atoms with Gasteiger partial charge in [-0.15, -0.1) is 0 Å². The Kier molecular flexibility index (Phi) is 3.23. The molecule has 2 aliphatic carbocycles. The number of nitrogens with one attached hydrogen (secondary N) is 2. The van der Waals surface area contributed by atoms with Gasteiger partial charge in [0.15, 0.2) is 0 Å². The van der Waals surface area contributed by atoms with Crippen LogP contribution in [0.5, 0.6) is 0 Å². The Morgan fingerprint density at radius 2 is 2.00 bits per heavy atom. The number of para-hydroxylation sites is 1. The van der Waals surface area contributed by atoms with Crippen molar-refractivity contribution in [1.82, 2.24) is 10.9 Å². The third-order valence-corrected chi connectivity index (χ3v) is 6.23. The molecule has 24 heavy (non-hydrogen) atoms. The van der Waals surface area contributed by atoms with E-state index in [9.17, 15) is 4.79 Å². The molecule has 0 spiro atoms. The summed E-state index contributed by atoms with van der Waals surface area (Å²) in [5.41, 5.74) is 9.23. The molecule has 5 atom stereocenters. The van der Waals surface area contributed by atoms with Gasteiger partial charge in [0.1, 0.15) is 0 Å². The van der Waals surface area contributed by atoms with Crippen molar-refractivity contribution in [3.8, 4) is 0 Å². The van der Waals surface area contributed by atoms with Gasteiger partial charge in [0.25, 0.3) is 0 Å². The maximum atomic E-state index is 13.2. The zero-order chi connectivity index (χ0) is 16.1. The van der Waals surface area contributed by atoms with Crippen LogP contribution in [0.2, 0.25) is 0 Å². The smallest absolute Gasteiger partial charge is 0.244 e. The molecule has 5 rings (SSSR count). The minimum atomic E-state index is 0.109. The van der Waals surface area contributed by atoms with E-state index in [0.717, 1.165) is 31.4 Å². The van der Waals surface area contributed by atoms with Gasteiger partial charge in [-0.05, 0) is 61.3 Å². The van der Waals surface area contributed by atoms with Gasteiger partial charge in [-0.1, -0.05) is 18.2 Å². The predicted molar refractivity (Wildman–Crippen MR) is 93.3 cm³/mol. The first-order valence-electron chi connectivity index (χ1n) is 8.96. The van der Waals surface area contributed by atoms with E-state index < -0.39 is 0 Å². The number of rotatable bonds is 1. The quantitative estimate of drug-likeness (QED) is 0.833. The molecule has 1 amide bonds. The van der Waals surface area contributed by atoms with Crippen LogP contribution in [0.15, 0.2) is 47.1 Å². The van der Waals surface area contributed by atoms with E-state index in [4.69, 9.17) is 0 Å². The van der Waals surface area contributed by atoms with Crippen LogP contribution in [-0.2, 0) is 4.79 Å². The number of fused-ring (bicyclic) bond motifs is 2. The van der Waals surface area contributed by atoms with E-state index in [0.29, 0.717) is 23.9 Å². The van der Waals surface area contributed by atoms with Crippen LogP contribution in [-0.4, -0.2) is 24.2 Å². The Labute approximate surface area is 141 Å². The molecule has 2 saturated carbocycles. The summed E-state index contributed by atoms with van der Waals surface area (Å²) < 4.78 is 0. The number of carbonyl (C=O) groups excluding carboxylic acids is 1. The highest BCUT2D eigenvalue weighted by Crippen LogP contribution is 2.48. The number of hydrazone groups is 1. The van der Waals surface area contributed by atoms with E-state index in [1.807, 2.05) is 41.6 Å². The lowest BCUT2D eigenvalue weighted by molar-refractivity contribution is -0.128. The number of allylic oxidation sites excluding steroid dienone is 1. The van der Waals surface area contributed by atoms with Gasteiger partial charge in [0.05, 0.1) is 11.7 Å². The molecule has 0 bridgehead atoms. The zero-order valence-corrected chi connectivity index (χ0v) is 13.6. The first kappa shape index (κ1) is 14.2.